The quantitative estimate of drug-likeness (QED) is 0.601. The zero-order valence-electron chi connectivity index (χ0n) is 9.24. The summed E-state index contributed by atoms with van der Waals surface area (Å²) in [5.74, 6) is 3.33. The molecule has 0 N–H and O–H groups in total. The van der Waals surface area contributed by atoms with Crippen LogP contribution in [0.1, 0.15) is 44.9 Å². The molecule has 15 heavy (non-hydrogen) atoms. The number of rotatable bonds is 1. The van der Waals surface area contributed by atoms with Crippen LogP contribution in [0.4, 0.5) is 0 Å². The van der Waals surface area contributed by atoms with E-state index in [-0.39, 0.29) is 0 Å². The second-order valence-electron chi connectivity index (χ2n) is 6.44. The number of amides is 1. The van der Waals surface area contributed by atoms with Crippen molar-refractivity contribution in [1.82, 2.24) is 4.90 Å². The van der Waals surface area contributed by atoms with Crippen molar-refractivity contribution in [2.24, 2.45) is 17.8 Å². The van der Waals surface area contributed by atoms with Crippen LogP contribution in [0.3, 0.4) is 0 Å². The van der Waals surface area contributed by atoms with Crippen molar-refractivity contribution >= 4 is 5.91 Å². The fraction of sp³-hybridized carbons (Fsp3) is 0.923. The maximum atomic E-state index is 11.7. The number of carbonyl (C=O) groups excluding carboxylic acids is 1. The van der Waals surface area contributed by atoms with Crippen LogP contribution in [0.25, 0.3) is 0 Å². The fourth-order valence-electron chi connectivity index (χ4n) is 5.21. The van der Waals surface area contributed by atoms with Crippen molar-refractivity contribution in [3.8, 4) is 0 Å². The molecule has 0 aromatic carbocycles. The third-order valence-corrected chi connectivity index (χ3v) is 5.43. The van der Waals surface area contributed by atoms with Crippen molar-refractivity contribution in [3.63, 3.8) is 0 Å². The van der Waals surface area contributed by atoms with Gasteiger partial charge in [0.25, 0.3) is 0 Å². The van der Waals surface area contributed by atoms with Gasteiger partial charge in [0.1, 0.15) is 0 Å². The van der Waals surface area contributed by atoms with Crippen molar-refractivity contribution in [2.45, 2.75) is 50.5 Å². The summed E-state index contributed by atoms with van der Waals surface area (Å²) in [6.07, 6.45) is 9.26. The van der Waals surface area contributed by atoms with Crippen LogP contribution in [-0.2, 0) is 4.79 Å². The van der Waals surface area contributed by atoms with Gasteiger partial charge >= 0.3 is 0 Å². The van der Waals surface area contributed by atoms with E-state index in [0.29, 0.717) is 11.4 Å². The van der Waals surface area contributed by atoms with E-state index in [2.05, 4.69) is 4.90 Å². The van der Waals surface area contributed by atoms with Crippen LogP contribution in [0.5, 0.6) is 0 Å². The third kappa shape index (κ3) is 1.03. The number of nitrogens with zero attached hydrogens (tertiary/aromatic N) is 1. The number of likely N-dealkylation sites (tertiary alicyclic amines) is 1. The highest BCUT2D eigenvalue weighted by Crippen LogP contribution is 2.58. The molecule has 1 saturated heterocycles. The van der Waals surface area contributed by atoms with Crippen LogP contribution in [0.2, 0.25) is 0 Å². The van der Waals surface area contributed by atoms with E-state index in [0.717, 1.165) is 30.7 Å². The van der Waals surface area contributed by atoms with E-state index in [1.165, 1.54) is 38.5 Å². The van der Waals surface area contributed by atoms with Crippen molar-refractivity contribution in [3.05, 3.63) is 0 Å². The Bertz CT molecular complexity index is 287. The molecule has 4 saturated carbocycles. The minimum absolute atomic E-state index is 0.351. The molecule has 0 unspecified atom stereocenters. The van der Waals surface area contributed by atoms with Gasteiger partial charge in [-0.2, -0.15) is 0 Å². The van der Waals surface area contributed by atoms with Gasteiger partial charge in [-0.05, 0) is 56.3 Å². The lowest BCUT2D eigenvalue weighted by Crippen LogP contribution is -2.65. The minimum Gasteiger partial charge on any atom is -0.336 e. The molecule has 2 heteroatoms. The summed E-state index contributed by atoms with van der Waals surface area (Å²) in [6.45, 7) is 1.06. The Balaban J connectivity index is 1.68. The first-order valence-corrected chi connectivity index (χ1v) is 6.56. The Morgan fingerprint density at radius 1 is 1.00 bits per heavy atom. The van der Waals surface area contributed by atoms with Gasteiger partial charge in [-0.1, -0.05) is 0 Å². The monoisotopic (exact) mass is 205 g/mol. The smallest absolute Gasteiger partial charge is 0.224 e. The lowest BCUT2D eigenvalue weighted by atomic mass is 9.52. The summed E-state index contributed by atoms with van der Waals surface area (Å²) in [4.78, 5) is 13.9. The summed E-state index contributed by atoms with van der Waals surface area (Å²) in [7, 11) is 0. The normalized spacial score (nSPS) is 52.1. The maximum absolute atomic E-state index is 11.7. The first kappa shape index (κ1) is 8.60. The third-order valence-electron chi connectivity index (χ3n) is 5.43. The Hall–Kier alpha value is -0.530. The van der Waals surface area contributed by atoms with Crippen molar-refractivity contribution in [1.29, 1.82) is 0 Å². The van der Waals surface area contributed by atoms with Crippen LogP contribution in [-0.4, -0.2) is 22.9 Å². The maximum Gasteiger partial charge on any atom is 0.224 e. The average Bonchev–Trinajstić information content (AvgIpc) is 2.12. The van der Waals surface area contributed by atoms with Gasteiger partial charge in [0.05, 0.1) is 0 Å². The molecule has 0 spiro atoms. The van der Waals surface area contributed by atoms with Crippen LogP contribution < -0.4 is 0 Å². The predicted octanol–water partition coefficient (Wildman–Crippen LogP) is 2.19. The molecule has 2 nitrogen and oxygen atoms in total. The number of hydrogen-bond acceptors (Lipinski definition) is 1. The molecule has 82 valence electrons. The SMILES string of the molecule is O=C1CCN1C12CC3CC(CC(C3)C1)C2. The first-order chi connectivity index (χ1) is 7.25. The zero-order chi connectivity index (χ0) is 10.0. The number of carbonyl (C=O) groups is 1. The van der Waals surface area contributed by atoms with Gasteiger partial charge in [-0.25, -0.2) is 0 Å². The second kappa shape index (κ2) is 2.58. The molecule has 4 aliphatic carbocycles. The van der Waals surface area contributed by atoms with E-state index >= 15 is 0 Å². The summed E-state index contributed by atoms with van der Waals surface area (Å²) in [5, 5.41) is 0. The Morgan fingerprint density at radius 2 is 1.53 bits per heavy atom. The highest BCUT2D eigenvalue weighted by molar-refractivity contribution is 5.82. The molecule has 5 aliphatic rings. The molecule has 4 bridgehead atoms. The Morgan fingerprint density at radius 3 is 1.87 bits per heavy atom. The minimum atomic E-state index is 0.351. The predicted molar refractivity (Wildman–Crippen MR) is 57.2 cm³/mol. The lowest BCUT2D eigenvalue weighted by Gasteiger charge is -2.62. The van der Waals surface area contributed by atoms with Gasteiger partial charge in [0, 0.05) is 18.5 Å². The Labute approximate surface area is 91.0 Å². The van der Waals surface area contributed by atoms with E-state index < -0.39 is 0 Å². The molecule has 1 amide bonds. The second-order valence-corrected chi connectivity index (χ2v) is 6.44. The summed E-state index contributed by atoms with van der Waals surface area (Å²) in [6, 6.07) is 0. The van der Waals surface area contributed by atoms with Gasteiger partial charge in [0.15, 0.2) is 0 Å². The number of hydrogen-bond donors (Lipinski definition) is 0. The molecule has 0 radical (unpaired) electrons. The summed E-state index contributed by atoms with van der Waals surface area (Å²) < 4.78 is 0. The molecule has 0 atom stereocenters. The van der Waals surface area contributed by atoms with Crippen molar-refractivity contribution < 1.29 is 4.79 Å². The first-order valence-electron chi connectivity index (χ1n) is 6.56. The molecule has 5 fully saturated rings. The van der Waals surface area contributed by atoms with Gasteiger partial charge < -0.3 is 4.90 Å². The molecular formula is C13H19NO. The van der Waals surface area contributed by atoms with E-state index in [4.69, 9.17) is 0 Å². The molecule has 0 aromatic rings. The molecule has 1 aliphatic heterocycles. The average molecular weight is 205 g/mol. The van der Waals surface area contributed by atoms with Gasteiger partial charge in [-0.15, -0.1) is 0 Å². The van der Waals surface area contributed by atoms with E-state index in [1.807, 2.05) is 0 Å². The molecular weight excluding hydrogens is 186 g/mol. The largest absolute Gasteiger partial charge is 0.336 e. The fourth-order valence-corrected chi connectivity index (χ4v) is 5.21. The van der Waals surface area contributed by atoms with Gasteiger partial charge in [0.2, 0.25) is 5.91 Å². The highest BCUT2D eigenvalue weighted by atomic mass is 16.2. The van der Waals surface area contributed by atoms with Crippen LogP contribution >= 0.6 is 0 Å². The van der Waals surface area contributed by atoms with Crippen LogP contribution in [0, 0.1) is 17.8 Å². The van der Waals surface area contributed by atoms with Crippen LogP contribution in [0.15, 0.2) is 0 Å². The van der Waals surface area contributed by atoms with Gasteiger partial charge in [-0.3, -0.25) is 4.79 Å². The molecule has 1 heterocycles. The van der Waals surface area contributed by atoms with E-state index in [9.17, 15) is 4.79 Å². The highest BCUT2D eigenvalue weighted by Gasteiger charge is 2.56. The molecule has 5 rings (SSSR count). The molecule has 0 aromatic heterocycles. The summed E-state index contributed by atoms with van der Waals surface area (Å²) >= 11 is 0. The Kier molecular flexibility index (Phi) is 1.48. The lowest BCUT2D eigenvalue weighted by molar-refractivity contribution is -0.164. The van der Waals surface area contributed by atoms with Crippen molar-refractivity contribution in [2.75, 3.05) is 6.54 Å². The van der Waals surface area contributed by atoms with E-state index in [1.54, 1.807) is 0 Å². The topological polar surface area (TPSA) is 20.3 Å². The standard InChI is InChI=1S/C13H19NO/c15-12-1-2-14(12)13-6-9-3-10(7-13)5-11(4-9)8-13/h9-11H,1-8H2. The summed E-state index contributed by atoms with van der Waals surface area (Å²) in [5.41, 5.74) is 0.351. The number of β-lactam (4-membered cyclic amide) rings is 1. The zero-order valence-corrected chi connectivity index (χ0v) is 9.24.